The number of nitrogens with zero attached hydrogens (tertiary/aromatic N) is 2. The van der Waals surface area contributed by atoms with E-state index in [9.17, 15) is 0 Å². The van der Waals surface area contributed by atoms with Crippen LogP contribution in [0.25, 0.3) is 21.7 Å². The summed E-state index contributed by atoms with van der Waals surface area (Å²) in [4.78, 5) is 7.22. The molecule has 3 rings (SSSR count). The molecule has 3 heteroatoms. The van der Waals surface area contributed by atoms with Gasteiger partial charge in [0.05, 0.1) is 5.52 Å². The Morgan fingerprint density at radius 2 is 1.83 bits per heavy atom. The Morgan fingerprint density at radius 3 is 2.61 bits per heavy atom. The van der Waals surface area contributed by atoms with Crippen LogP contribution in [0.2, 0.25) is 0 Å². The van der Waals surface area contributed by atoms with Crippen molar-refractivity contribution in [1.29, 1.82) is 0 Å². The molecule has 0 saturated heterocycles. The lowest BCUT2D eigenvalue weighted by molar-refractivity contribution is 0.316. The minimum Gasteiger partial charge on any atom is -0.369 e. The quantitative estimate of drug-likeness (QED) is 0.682. The largest absolute Gasteiger partial charge is 0.369 e. The van der Waals surface area contributed by atoms with E-state index < -0.39 is 0 Å². The molecule has 0 aliphatic rings. The second kappa shape index (κ2) is 6.97. The maximum Gasteiger partial charge on any atom is 0.126 e. The highest BCUT2D eigenvalue weighted by Gasteiger charge is 2.07. The summed E-state index contributed by atoms with van der Waals surface area (Å²) in [6, 6.07) is 15.0. The van der Waals surface area contributed by atoms with Gasteiger partial charge >= 0.3 is 0 Å². The number of aryl methyl sites for hydroxylation is 1. The van der Waals surface area contributed by atoms with Gasteiger partial charge in [-0.15, -0.1) is 0 Å². The van der Waals surface area contributed by atoms with Crippen molar-refractivity contribution in [1.82, 2.24) is 9.88 Å². The summed E-state index contributed by atoms with van der Waals surface area (Å²) >= 11 is 0. The van der Waals surface area contributed by atoms with E-state index in [1.54, 1.807) is 0 Å². The smallest absolute Gasteiger partial charge is 0.126 e. The molecule has 0 saturated carbocycles. The van der Waals surface area contributed by atoms with E-state index in [0.29, 0.717) is 0 Å². The van der Waals surface area contributed by atoms with Crippen molar-refractivity contribution >= 4 is 27.5 Å². The first-order valence-electron chi connectivity index (χ1n) is 8.48. The first kappa shape index (κ1) is 15.8. The van der Waals surface area contributed by atoms with Gasteiger partial charge in [-0.25, -0.2) is 4.98 Å². The lowest BCUT2D eigenvalue weighted by Gasteiger charge is -2.18. The minimum absolute atomic E-state index is 0.924. The van der Waals surface area contributed by atoms with Crippen LogP contribution in [0, 0.1) is 6.92 Å². The number of benzene rings is 2. The molecule has 3 nitrogen and oxygen atoms in total. The summed E-state index contributed by atoms with van der Waals surface area (Å²) in [7, 11) is 0. The number of nitrogens with one attached hydrogen (secondary N) is 1. The van der Waals surface area contributed by atoms with Gasteiger partial charge in [-0.1, -0.05) is 44.2 Å². The predicted molar refractivity (Wildman–Crippen MR) is 100 cm³/mol. The molecule has 1 heterocycles. The lowest BCUT2D eigenvalue weighted by atomic mass is 10.0. The molecule has 0 bridgehead atoms. The number of hydrogen-bond acceptors (Lipinski definition) is 3. The lowest BCUT2D eigenvalue weighted by Crippen LogP contribution is -2.28. The predicted octanol–water partition coefficient (Wildman–Crippen LogP) is 4.45. The van der Waals surface area contributed by atoms with Crippen molar-refractivity contribution in [2.75, 3.05) is 31.5 Å². The second-order valence-corrected chi connectivity index (χ2v) is 5.96. The number of aromatic nitrogens is 1. The fraction of sp³-hybridized carbons (Fsp3) is 0.350. The molecule has 0 amide bonds. The standard InChI is InChI=1S/C20H25N3/c1-4-23(5-2)13-12-21-19-14-15(3)20-17-9-7-6-8-16(17)10-11-18(20)22-19/h6-11,14H,4-5,12-13H2,1-3H3,(H,21,22). The summed E-state index contributed by atoms with van der Waals surface area (Å²) in [6.45, 7) is 10.7. The number of fused-ring (bicyclic) bond motifs is 3. The number of rotatable bonds is 6. The van der Waals surface area contributed by atoms with Crippen molar-refractivity contribution < 1.29 is 0 Å². The zero-order chi connectivity index (χ0) is 16.2. The van der Waals surface area contributed by atoms with E-state index in [4.69, 9.17) is 4.98 Å². The maximum atomic E-state index is 4.81. The van der Waals surface area contributed by atoms with Gasteiger partial charge < -0.3 is 10.2 Å². The Balaban J connectivity index is 1.88. The first-order chi connectivity index (χ1) is 11.2. The van der Waals surface area contributed by atoms with E-state index in [1.165, 1.54) is 21.7 Å². The van der Waals surface area contributed by atoms with Crippen LogP contribution in [-0.4, -0.2) is 36.1 Å². The minimum atomic E-state index is 0.924. The average Bonchev–Trinajstić information content (AvgIpc) is 2.58. The third kappa shape index (κ3) is 3.30. The summed E-state index contributed by atoms with van der Waals surface area (Å²) in [5.41, 5.74) is 2.34. The van der Waals surface area contributed by atoms with Crippen LogP contribution in [0.15, 0.2) is 42.5 Å². The third-order valence-corrected chi connectivity index (χ3v) is 4.52. The Hall–Kier alpha value is -2.13. The number of hydrogen-bond donors (Lipinski definition) is 1. The second-order valence-electron chi connectivity index (χ2n) is 5.96. The molecule has 2 aromatic carbocycles. The molecule has 1 N–H and O–H groups in total. The Morgan fingerprint density at radius 1 is 1.04 bits per heavy atom. The van der Waals surface area contributed by atoms with Crippen molar-refractivity contribution in [3.63, 3.8) is 0 Å². The van der Waals surface area contributed by atoms with Crippen LogP contribution in [-0.2, 0) is 0 Å². The summed E-state index contributed by atoms with van der Waals surface area (Å²) in [5.74, 6) is 0.970. The van der Waals surface area contributed by atoms with Gasteiger partial charge in [-0.2, -0.15) is 0 Å². The Bertz CT molecular complexity index is 806. The zero-order valence-electron chi connectivity index (χ0n) is 14.3. The van der Waals surface area contributed by atoms with Gasteiger partial charge in [0.1, 0.15) is 5.82 Å². The van der Waals surface area contributed by atoms with Gasteiger partial charge in [0.25, 0.3) is 0 Å². The zero-order valence-corrected chi connectivity index (χ0v) is 14.3. The van der Waals surface area contributed by atoms with E-state index in [1.807, 2.05) is 0 Å². The topological polar surface area (TPSA) is 28.2 Å². The Labute approximate surface area is 138 Å². The monoisotopic (exact) mass is 307 g/mol. The molecule has 0 atom stereocenters. The van der Waals surface area contributed by atoms with Crippen molar-refractivity contribution in [3.8, 4) is 0 Å². The molecule has 0 aliphatic heterocycles. The average molecular weight is 307 g/mol. The normalized spacial score (nSPS) is 11.5. The van der Waals surface area contributed by atoms with E-state index >= 15 is 0 Å². The molecular formula is C20H25N3. The molecule has 1 aromatic heterocycles. The maximum absolute atomic E-state index is 4.81. The van der Waals surface area contributed by atoms with Crippen LogP contribution in [0.1, 0.15) is 19.4 Å². The van der Waals surface area contributed by atoms with Gasteiger partial charge in [0, 0.05) is 18.5 Å². The fourth-order valence-electron chi connectivity index (χ4n) is 3.18. The summed E-state index contributed by atoms with van der Waals surface area (Å²) in [6.07, 6.45) is 0. The van der Waals surface area contributed by atoms with Gasteiger partial charge in [-0.3, -0.25) is 0 Å². The number of pyridine rings is 1. The first-order valence-corrected chi connectivity index (χ1v) is 8.48. The van der Waals surface area contributed by atoms with Gasteiger partial charge in [0.15, 0.2) is 0 Å². The summed E-state index contributed by atoms with van der Waals surface area (Å²) in [5, 5.41) is 7.29. The molecule has 120 valence electrons. The molecule has 0 unspecified atom stereocenters. The SMILES string of the molecule is CCN(CC)CCNc1cc(C)c2c(ccc3ccccc32)n1. The van der Waals surface area contributed by atoms with E-state index in [2.05, 4.69) is 73.5 Å². The van der Waals surface area contributed by atoms with E-state index in [-0.39, 0.29) is 0 Å². The Kier molecular flexibility index (Phi) is 4.77. The molecule has 0 aliphatic carbocycles. The highest BCUT2D eigenvalue weighted by atomic mass is 15.1. The number of anilines is 1. The molecule has 0 spiro atoms. The van der Waals surface area contributed by atoms with Crippen molar-refractivity contribution in [3.05, 3.63) is 48.0 Å². The highest BCUT2D eigenvalue weighted by Crippen LogP contribution is 2.28. The van der Waals surface area contributed by atoms with Crippen molar-refractivity contribution in [2.45, 2.75) is 20.8 Å². The van der Waals surface area contributed by atoms with Crippen LogP contribution in [0.4, 0.5) is 5.82 Å². The van der Waals surface area contributed by atoms with Gasteiger partial charge in [-0.05, 0) is 48.5 Å². The highest BCUT2D eigenvalue weighted by molar-refractivity contribution is 6.08. The van der Waals surface area contributed by atoms with Gasteiger partial charge in [0.2, 0.25) is 0 Å². The van der Waals surface area contributed by atoms with Crippen LogP contribution >= 0.6 is 0 Å². The molecule has 0 fully saturated rings. The third-order valence-electron chi connectivity index (χ3n) is 4.52. The molecular weight excluding hydrogens is 282 g/mol. The van der Waals surface area contributed by atoms with Crippen LogP contribution in [0.5, 0.6) is 0 Å². The molecule has 23 heavy (non-hydrogen) atoms. The fourth-order valence-corrected chi connectivity index (χ4v) is 3.18. The summed E-state index contributed by atoms with van der Waals surface area (Å²) < 4.78 is 0. The molecule has 3 aromatic rings. The van der Waals surface area contributed by atoms with Crippen LogP contribution in [0.3, 0.4) is 0 Å². The van der Waals surface area contributed by atoms with Crippen molar-refractivity contribution in [2.24, 2.45) is 0 Å². The van der Waals surface area contributed by atoms with Crippen LogP contribution < -0.4 is 5.32 Å². The van der Waals surface area contributed by atoms with E-state index in [0.717, 1.165) is 37.5 Å². The molecule has 0 radical (unpaired) electrons. The number of likely N-dealkylation sites (N-methyl/N-ethyl adjacent to an activating group) is 1.